The number of hydrogen-bond acceptors (Lipinski definition) is 2. The molecule has 188 valence electrons. The van der Waals surface area contributed by atoms with Gasteiger partial charge in [0.1, 0.15) is 0 Å². The standard InChI is InChI=1S/C15H21NO3.2C8H10/c1-5-6-7-16(4)14(17)12-9-13(15(18)19)11(3)8-10(12)2;2*1-2-8-6-4-3-5-7-8/h8-9H,5-7H2,1-4H3,(H,18,19);2*3-7H,2H2,1H3. The van der Waals surface area contributed by atoms with Gasteiger partial charge in [-0.1, -0.05) is 93.9 Å². The Labute approximate surface area is 211 Å². The molecule has 35 heavy (non-hydrogen) atoms. The number of benzene rings is 3. The van der Waals surface area contributed by atoms with Crippen molar-refractivity contribution in [3.63, 3.8) is 0 Å². The average molecular weight is 476 g/mol. The van der Waals surface area contributed by atoms with Crippen LogP contribution in [0.3, 0.4) is 0 Å². The average Bonchev–Trinajstić information content (AvgIpc) is 2.88. The molecule has 4 heteroatoms. The molecule has 0 saturated heterocycles. The lowest BCUT2D eigenvalue weighted by atomic mass is 9.99. The van der Waals surface area contributed by atoms with Gasteiger partial charge < -0.3 is 10.0 Å². The molecule has 3 rings (SSSR count). The van der Waals surface area contributed by atoms with Crippen LogP contribution in [-0.2, 0) is 12.8 Å². The highest BCUT2D eigenvalue weighted by molar-refractivity contribution is 5.99. The number of carbonyl (C=O) groups is 2. The van der Waals surface area contributed by atoms with Crippen LogP contribution in [0.2, 0.25) is 0 Å². The van der Waals surface area contributed by atoms with E-state index in [0.29, 0.717) is 17.7 Å². The van der Waals surface area contributed by atoms with Crippen LogP contribution in [0, 0.1) is 13.8 Å². The van der Waals surface area contributed by atoms with Crippen LogP contribution < -0.4 is 0 Å². The number of aryl methyl sites for hydroxylation is 4. The molecular weight excluding hydrogens is 434 g/mol. The van der Waals surface area contributed by atoms with Gasteiger partial charge in [-0.3, -0.25) is 4.79 Å². The van der Waals surface area contributed by atoms with Crippen molar-refractivity contribution in [2.24, 2.45) is 0 Å². The lowest BCUT2D eigenvalue weighted by molar-refractivity contribution is 0.0696. The van der Waals surface area contributed by atoms with E-state index in [-0.39, 0.29) is 11.5 Å². The molecule has 0 aromatic heterocycles. The van der Waals surface area contributed by atoms with Gasteiger partial charge in [0.15, 0.2) is 0 Å². The Bertz CT molecular complexity index is 990. The van der Waals surface area contributed by atoms with Gasteiger partial charge in [0.25, 0.3) is 5.91 Å². The lowest BCUT2D eigenvalue weighted by Crippen LogP contribution is -2.28. The second kappa shape index (κ2) is 16.3. The molecule has 0 aliphatic carbocycles. The summed E-state index contributed by atoms with van der Waals surface area (Å²) in [4.78, 5) is 25.1. The van der Waals surface area contributed by atoms with Gasteiger partial charge >= 0.3 is 5.97 Å². The molecule has 3 aromatic rings. The first-order chi connectivity index (χ1) is 16.7. The number of hydrogen-bond donors (Lipinski definition) is 1. The van der Waals surface area contributed by atoms with E-state index < -0.39 is 5.97 Å². The monoisotopic (exact) mass is 475 g/mol. The van der Waals surface area contributed by atoms with Crippen molar-refractivity contribution in [2.75, 3.05) is 13.6 Å². The minimum absolute atomic E-state index is 0.117. The van der Waals surface area contributed by atoms with Gasteiger partial charge in [0, 0.05) is 19.2 Å². The maximum absolute atomic E-state index is 12.3. The highest BCUT2D eigenvalue weighted by atomic mass is 16.4. The number of nitrogens with zero attached hydrogens (tertiary/aromatic N) is 1. The summed E-state index contributed by atoms with van der Waals surface area (Å²) in [6.07, 6.45) is 4.24. The lowest BCUT2D eigenvalue weighted by Gasteiger charge is -2.18. The fourth-order valence-electron chi connectivity index (χ4n) is 3.44. The van der Waals surface area contributed by atoms with Crippen LogP contribution in [0.1, 0.15) is 76.6 Å². The molecule has 0 unspecified atom stereocenters. The van der Waals surface area contributed by atoms with Crippen LogP contribution in [0.25, 0.3) is 0 Å². The molecule has 1 N–H and O–H groups in total. The van der Waals surface area contributed by atoms with Crippen molar-refractivity contribution in [1.82, 2.24) is 4.90 Å². The first-order valence-corrected chi connectivity index (χ1v) is 12.4. The molecule has 0 aliphatic rings. The molecule has 0 atom stereocenters. The number of carboxylic acid groups (broad SMARTS) is 1. The molecule has 0 spiro atoms. The topological polar surface area (TPSA) is 57.6 Å². The maximum Gasteiger partial charge on any atom is 0.335 e. The van der Waals surface area contributed by atoms with Crippen molar-refractivity contribution in [2.45, 2.75) is 60.3 Å². The van der Waals surface area contributed by atoms with E-state index >= 15 is 0 Å². The van der Waals surface area contributed by atoms with Gasteiger partial charge in [-0.25, -0.2) is 4.79 Å². The van der Waals surface area contributed by atoms with Gasteiger partial charge in [-0.2, -0.15) is 0 Å². The number of aromatic carboxylic acids is 1. The molecule has 0 aliphatic heterocycles. The number of rotatable bonds is 7. The summed E-state index contributed by atoms with van der Waals surface area (Å²) in [7, 11) is 1.75. The van der Waals surface area contributed by atoms with E-state index in [0.717, 1.165) is 31.2 Å². The third-order valence-corrected chi connectivity index (χ3v) is 5.73. The molecule has 0 bridgehead atoms. The third-order valence-electron chi connectivity index (χ3n) is 5.73. The van der Waals surface area contributed by atoms with Crippen molar-refractivity contribution >= 4 is 11.9 Å². The highest BCUT2D eigenvalue weighted by Crippen LogP contribution is 2.18. The summed E-state index contributed by atoms with van der Waals surface area (Å²) in [6.45, 7) is 10.7. The summed E-state index contributed by atoms with van der Waals surface area (Å²) in [6, 6.07) is 24.1. The summed E-state index contributed by atoms with van der Waals surface area (Å²) < 4.78 is 0. The fraction of sp³-hybridized carbons (Fsp3) is 0.355. The zero-order valence-corrected chi connectivity index (χ0v) is 22.2. The zero-order chi connectivity index (χ0) is 26.2. The van der Waals surface area contributed by atoms with Gasteiger partial charge in [0.2, 0.25) is 0 Å². The van der Waals surface area contributed by atoms with Gasteiger partial charge in [-0.05, 0) is 61.4 Å². The molecule has 0 fully saturated rings. The van der Waals surface area contributed by atoms with Crippen molar-refractivity contribution in [1.29, 1.82) is 0 Å². The van der Waals surface area contributed by atoms with E-state index in [4.69, 9.17) is 5.11 Å². The van der Waals surface area contributed by atoms with Crippen molar-refractivity contribution < 1.29 is 14.7 Å². The minimum Gasteiger partial charge on any atom is -0.478 e. The first kappa shape index (κ1) is 29.6. The van der Waals surface area contributed by atoms with Crippen molar-refractivity contribution in [3.8, 4) is 0 Å². The third kappa shape index (κ3) is 10.6. The molecule has 0 heterocycles. The van der Waals surface area contributed by atoms with Gasteiger partial charge in [0.05, 0.1) is 5.56 Å². The molecule has 0 saturated carbocycles. The predicted molar refractivity (Wildman–Crippen MR) is 146 cm³/mol. The summed E-state index contributed by atoms with van der Waals surface area (Å²) >= 11 is 0. The SMILES string of the molecule is CCCCN(C)C(=O)c1cc(C(=O)O)c(C)cc1C.CCc1ccccc1.CCc1ccccc1. The maximum atomic E-state index is 12.3. The van der Waals surface area contributed by atoms with E-state index in [1.165, 1.54) is 17.2 Å². The molecule has 4 nitrogen and oxygen atoms in total. The fourth-order valence-corrected chi connectivity index (χ4v) is 3.44. The molecule has 1 amide bonds. The molecule has 0 radical (unpaired) electrons. The Morgan fingerprint density at radius 2 is 1.20 bits per heavy atom. The Balaban J connectivity index is 0.000000312. The number of unbranched alkanes of at least 4 members (excludes halogenated alkanes) is 1. The van der Waals surface area contributed by atoms with Crippen molar-refractivity contribution in [3.05, 3.63) is 106 Å². The van der Waals surface area contributed by atoms with E-state index in [2.05, 4.69) is 69.3 Å². The Hall–Kier alpha value is -3.40. The second-order valence-corrected chi connectivity index (χ2v) is 8.55. The van der Waals surface area contributed by atoms with Crippen LogP contribution in [0.5, 0.6) is 0 Å². The van der Waals surface area contributed by atoms with Crippen LogP contribution in [0.4, 0.5) is 0 Å². The van der Waals surface area contributed by atoms with Gasteiger partial charge in [-0.15, -0.1) is 0 Å². The van der Waals surface area contributed by atoms with E-state index in [1.807, 2.05) is 19.1 Å². The molecule has 3 aromatic carbocycles. The van der Waals surface area contributed by atoms with Crippen LogP contribution >= 0.6 is 0 Å². The highest BCUT2D eigenvalue weighted by Gasteiger charge is 2.18. The normalized spacial score (nSPS) is 9.77. The number of amides is 1. The predicted octanol–water partition coefficient (Wildman–Crippen LogP) is 7.37. The quantitative estimate of drug-likeness (QED) is 0.388. The Morgan fingerprint density at radius 3 is 1.57 bits per heavy atom. The van der Waals surface area contributed by atoms with E-state index in [9.17, 15) is 9.59 Å². The summed E-state index contributed by atoms with van der Waals surface area (Å²) in [5.41, 5.74) is 4.98. The Kier molecular flexibility index (Phi) is 13.8. The largest absolute Gasteiger partial charge is 0.478 e. The second-order valence-electron chi connectivity index (χ2n) is 8.55. The van der Waals surface area contributed by atoms with E-state index in [1.54, 1.807) is 24.9 Å². The summed E-state index contributed by atoms with van der Waals surface area (Å²) in [5.74, 6) is -1.11. The minimum atomic E-state index is -0.997. The number of carbonyl (C=O) groups excluding carboxylic acids is 1. The summed E-state index contributed by atoms with van der Waals surface area (Å²) in [5, 5.41) is 9.12. The smallest absolute Gasteiger partial charge is 0.335 e. The number of carboxylic acids is 1. The zero-order valence-electron chi connectivity index (χ0n) is 22.2. The first-order valence-electron chi connectivity index (χ1n) is 12.4. The van der Waals surface area contributed by atoms with Crippen LogP contribution in [0.15, 0.2) is 72.8 Å². The molecular formula is C31H41NO3. The van der Waals surface area contributed by atoms with Crippen LogP contribution in [-0.4, -0.2) is 35.5 Å². The Morgan fingerprint density at radius 1 is 0.743 bits per heavy atom.